The monoisotopic (exact) mass is 386 g/mol. The normalized spacial score (nSPS) is 20.7. The molecule has 0 N–H and O–H groups in total. The molecule has 0 saturated carbocycles. The van der Waals surface area contributed by atoms with Crippen molar-refractivity contribution in [1.82, 2.24) is 4.90 Å². The van der Waals surface area contributed by atoms with Crippen LogP contribution in [0.15, 0.2) is 36.4 Å². The molecule has 1 heterocycles. The van der Waals surface area contributed by atoms with E-state index in [1.165, 1.54) is 44.1 Å². The molecule has 149 valence electrons. The lowest BCUT2D eigenvalue weighted by Crippen LogP contribution is -2.30. The highest BCUT2D eigenvalue weighted by atomic mass is 28.1. The highest BCUT2D eigenvalue weighted by Crippen LogP contribution is 2.20. The van der Waals surface area contributed by atoms with Crippen molar-refractivity contribution in [1.29, 1.82) is 0 Å². The predicted octanol–water partition coefficient (Wildman–Crippen LogP) is 5.08. The smallest absolute Gasteiger partial charge is 0.130 e. The van der Waals surface area contributed by atoms with E-state index in [0.29, 0.717) is 6.61 Å². The van der Waals surface area contributed by atoms with Gasteiger partial charge in [-0.15, -0.1) is 0 Å². The van der Waals surface area contributed by atoms with Crippen molar-refractivity contribution >= 4 is 16.3 Å². The Morgan fingerprint density at radius 3 is 2.67 bits per heavy atom. The lowest BCUT2D eigenvalue weighted by Gasteiger charge is -2.19. The number of hydrogen-bond donors (Lipinski definition) is 0. The number of ether oxygens (including phenoxy) is 2. The van der Waals surface area contributed by atoms with Gasteiger partial charge in [-0.1, -0.05) is 81.5 Å². The summed E-state index contributed by atoms with van der Waals surface area (Å²) in [7, 11) is 3.49. The Labute approximate surface area is 169 Å². The second kappa shape index (κ2) is 14.1. The van der Waals surface area contributed by atoms with E-state index < -0.39 is 0 Å². The Kier molecular flexibility index (Phi) is 11.7. The molecule has 2 atom stereocenters. The Balaban J connectivity index is 1.81. The molecule has 0 aromatic heterocycles. The maximum atomic E-state index is 6.27. The minimum absolute atomic E-state index is 0.0604. The predicted molar refractivity (Wildman–Crippen MR) is 115 cm³/mol. The van der Waals surface area contributed by atoms with E-state index in [1.54, 1.807) is 0 Å². The SMILES string of the molecule is CCCCCCCCN1CC(COCCC[Si])OC1/C=C/c1ccccc1. The van der Waals surface area contributed by atoms with E-state index in [0.717, 1.165) is 32.2 Å². The highest BCUT2D eigenvalue weighted by Gasteiger charge is 2.30. The molecular weight excluding hydrogens is 350 g/mol. The van der Waals surface area contributed by atoms with Gasteiger partial charge >= 0.3 is 0 Å². The van der Waals surface area contributed by atoms with Gasteiger partial charge in [-0.3, -0.25) is 4.90 Å². The van der Waals surface area contributed by atoms with Crippen molar-refractivity contribution in [2.75, 3.05) is 26.3 Å². The van der Waals surface area contributed by atoms with Gasteiger partial charge in [0.15, 0.2) is 0 Å². The molecule has 2 rings (SSSR count). The zero-order valence-corrected chi connectivity index (χ0v) is 17.9. The van der Waals surface area contributed by atoms with E-state index in [-0.39, 0.29) is 12.3 Å². The molecule has 1 aromatic rings. The van der Waals surface area contributed by atoms with E-state index in [9.17, 15) is 0 Å². The fourth-order valence-corrected chi connectivity index (χ4v) is 3.56. The molecule has 1 aliphatic heterocycles. The standard InChI is InChI=1S/C23H36NO2Si/c1-2-3-4-5-6-10-16-24-19-22(20-25-17-11-18-27)26-23(24)15-14-21-12-8-7-9-13-21/h7-9,12-15,22-23H,2-6,10-11,16-20H2,1H3/b15-14+. The first kappa shape index (κ1) is 22.3. The van der Waals surface area contributed by atoms with Crippen molar-refractivity contribution in [3.8, 4) is 0 Å². The van der Waals surface area contributed by atoms with Gasteiger partial charge in [0.2, 0.25) is 0 Å². The van der Waals surface area contributed by atoms with E-state index in [4.69, 9.17) is 9.47 Å². The van der Waals surface area contributed by atoms with Crippen LogP contribution >= 0.6 is 0 Å². The van der Waals surface area contributed by atoms with Crippen LogP contribution < -0.4 is 0 Å². The fraction of sp³-hybridized carbons (Fsp3) is 0.652. The van der Waals surface area contributed by atoms with Crippen LogP contribution in [0.1, 0.15) is 57.4 Å². The molecule has 1 aromatic carbocycles. The number of hydrogen-bond acceptors (Lipinski definition) is 3. The van der Waals surface area contributed by atoms with Crippen LogP contribution in [0, 0.1) is 0 Å². The van der Waals surface area contributed by atoms with Crippen LogP contribution in [-0.2, 0) is 9.47 Å². The lowest BCUT2D eigenvalue weighted by atomic mass is 10.1. The van der Waals surface area contributed by atoms with E-state index in [1.807, 2.05) is 0 Å². The van der Waals surface area contributed by atoms with Crippen molar-refractivity contribution in [3.05, 3.63) is 42.0 Å². The van der Waals surface area contributed by atoms with Crippen LogP contribution in [0.25, 0.3) is 6.08 Å². The van der Waals surface area contributed by atoms with Crippen LogP contribution in [0.5, 0.6) is 0 Å². The van der Waals surface area contributed by atoms with Gasteiger partial charge in [-0.25, -0.2) is 0 Å². The molecule has 1 saturated heterocycles. The molecule has 1 fully saturated rings. The van der Waals surface area contributed by atoms with E-state index >= 15 is 0 Å². The second-order valence-electron chi connectivity index (χ2n) is 7.36. The maximum Gasteiger partial charge on any atom is 0.130 e. The first-order valence-electron chi connectivity index (χ1n) is 10.7. The lowest BCUT2D eigenvalue weighted by molar-refractivity contribution is -0.0117. The van der Waals surface area contributed by atoms with Gasteiger partial charge in [0, 0.05) is 29.9 Å². The number of unbranched alkanes of at least 4 members (excludes halogenated alkanes) is 5. The van der Waals surface area contributed by atoms with Crippen molar-refractivity contribution in [2.45, 2.75) is 70.2 Å². The first-order valence-corrected chi connectivity index (χ1v) is 11.4. The average molecular weight is 387 g/mol. The molecule has 1 aliphatic rings. The van der Waals surface area contributed by atoms with Crippen LogP contribution in [-0.4, -0.2) is 53.8 Å². The summed E-state index contributed by atoms with van der Waals surface area (Å²) in [5.74, 6) is 0. The second-order valence-corrected chi connectivity index (χ2v) is 7.86. The number of nitrogens with zero attached hydrogens (tertiary/aromatic N) is 1. The highest BCUT2D eigenvalue weighted by molar-refractivity contribution is 6.08. The summed E-state index contributed by atoms with van der Waals surface area (Å²) in [6.45, 7) is 5.83. The molecule has 3 radical (unpaired) electrons. The summed E-state index contributed by atoms with van der Waals surface area (Å²) in [4.78, 5) is 2.47. The molecular formula is C23H36NO2Si. The fourth-order valence-electron chi connectivity index (χ4n) is 3.41. The topological polar surface area (TPSA) is 21.7 Å². The van der Waals surface area contributed by atoms with Crippen molar-refractivity contribution in [2.24, 2.45) is 0 Å². The minimum atomic E-state index is 0.0604. The van der Waals surface area contributed by atoms with Gasteiger partial charge in [0.25, 0.3) is 0 Å². The molecule has 4 heteroatoms. The zero-order chi connectivity index (χ0) is 19.2. The molecule has 3 nitrogen and oxygen atoms in total. The largest absolute Gasteiger partial charge is 0.379 e. The molecule has 2 unspecified atom stereocenters. The Morgan fingerprint density at radius 2 is 1.89 bits per heavy atom. The quantitative estimate of drug-likeness (QED) is 0.329. The minimum Gasteiger partial charge on any atom is -0.379 e. The summed E-state index contributed by atoms with van der Waals surface area (Å²) >= 11 is 0. The van der Waals surface area contributed by atoms with Gasteiger partial charge in [-0.05, 0) is 24.5 Å². The van der Waals surface area contributed by atoms with Crippen LogP contribution in [0.4, 0.5) is 0 Å². The van der Waals surface area contributed by atoms with Gasteiger partial charge < -0.3 is 9.47 Å². The van der Waals surface area contributed by atoms with Gasteiger partial charge in [0.05, 0.1) is 12.7 Å². The third-order valence-electron chi connectivity index (χ3n) is 4.95. The third kappa shape index (κ3) is 9.20. The molecule has 0 amide bonds. The number of benzene rings is 1. The Morgan fingerprint density at radius 1 is 1.11 bits per heavy atom. The zero-order valence-electron chi connectivity index (χ0n) is 16.9. The molecule has 27 heavy (non-hydrogen) atoms. The Bertz CT molecular complexity index is 508. The summed E-state index contributed by atoms with van der Waals surface area (Å²) < 4.78 is 12.1. The van der Waals surface area contributed by atoms with E-state index in [2.05, 4.69) is 64.5 Å². The first-order chi connectivity index (χ1) is 13.3. The maximum absolute atomic E-state index is 6.27. The summed E-state index contributed by atoms with van der Waals surface area (Å²) in [5, 5.41) is 0. The van der Waals surface area contributed by atoms with Crippen molar-refractivity contribution < 1.29 is 9.47 Å². The summed E-state index contributed by atoms with van der Waals surface area (Å²) in [5.41, 5.74) is 1.22. The van der Waals surface area contributed by atoms with Crippen molar-refractivity contribution in [3.63, 3.8) is 0 Å². The number of rotatable bonds is 14. The molecule has 0 bridgehead atoms. The summed E-state index contributed by atoms with van der Waals surface area (Å²) in [6, 6.07) is 11.4. The third-order valence-corrected chi connectivity index (χ3v) is 5.30. The van der Waals surface area contributed by atoms with Gasteiger partial charge in [0.1, 0.15) is 6.23 Å². The Hall–Kier alpha value is -0.943. The van der Waals surface area contributed by atoms with Gasteiger partial charge in [-0.2, -0.15) is 0 Å². The molecule has 0 aliphatic carbocycles. The molecule has 0 spiro atoms. The van der Waals surface area contributed by atoms with Crippen LogP contribution in [0.2, 0.25) is 6.04 Å². The van der Waals surface area contributed by atoms with Crippen LogP contribution in [0.3, 0.4) is 0 Å². The summed E-state index contributed by atoms with van der Waals surface area (Å²) in [6.07, 6.45) is 13.6. The average Bonchev–Trinajstić information content (AvgIpc) is 3.09.